The van der Waals surface area contributed by atoms with Gasteiger partial charge in [-0.25, -0.2) is 13.2 Å². The van der Waals surface area contributed by atoms with Crippen molar-refractivity contribution in [1.29, 1.82) is 0 Å². The second kappa shape index (κ2) is 5.87. The summed E-state index contributed by atoms with van der Waals surface area (Å²) in [5.74, 6) is -3.24. The minimum absolute atomic E-state index is 0.0146. The molecule has 0 fully saturated rings. The van der Waals surface area contributed by atoms with Crippen LogP contribution in [0.4, 0.5) is 0 Å². The van der Waals surface area contributed by atoms with E-state index in [2.05, 4.69) is 4.74 Å². The molecule has 106 valence electrons. The van der Waals surface area contributed by atoms with Gasteiger partial charge in [0.1, 0.15) is 28.6 Å². The number of carboxylic acids is 1. The number of hydrogen-bond donors (Lipinski definition) is 1. The van der Waals surface area contributed by atoms with E-state index in [0.717, 1.165) is 6.07 Å². The zero-order valence-electron chi connectivity index (χ0n) is 10.5. The van der Waals surface area contributed by atoms with Crippen molar-refractivity contribution < 1.29 is 32.3 Å². The SMILES string of the molecule is CCOC(=O)CS(=O)(=O)Cc1cc(C(=O)O)c(C)o1. The number of carbonyl (C=O) groups excluding carboxylic acids is 1. The number of aromatic carboxylic acids is 1. The molecule has 0 aliphatic rings. The summed E-state index contributed by atoms with van der Waals surface area (Å²) in [4.78, 5) is 21.9. The van der Waals surface area contributed by atoms with Crippen LogP contribution >= 0.6 is 0 Å². The molecule has 1 aromatic heterocycles. The highest BCUT2D eigenvalue weighted by molar-refractivity contribution is 7.91. The number of furan rings is 1. The number of sulfone groups is 1. The smallest absolute Gasteiger partial charge is 0.339 e. The number of carboxylic acid groups (broad SMARTS) is 1. The maximum atomic E-state index is 11.7. The molecular formula is C11H14O7S. The second-order valence-corrected chi connectivity index (χ2v) is 5.89. The van der Waals surface area contributed by atoms with Crippen molar-refractivity contribution in [2.24, 2.45) is 0 Å². The highest BCUT2D eigenvalue weighted by atomic mass is 32.2. The van der Waals surface area contributed by atoms with E-state index in [0.29, 0.717) is 0 Å². The molecular weight excluding hydrogens is 276 g/mol. The Bertz CT molecular complexity index is 582. The van der Waals surface area contributed by atoms with Crippen LogP contribution in [0.1, 0.15) is 28.8 Å². The largest absolute Gasteiger partial charge is 0.478 e. The Balaban J connectivity index is 2.81. The third-order valence-electron chi connectivity index (χ3n) is 2.20. The Kier molecular flexibility index (Phi) is 4.71. The van der Waals surface area contributed by atoms with E-state index >= 15 is 0 Å². The minimum Gasteiger partial charge on any atom is -0.478 e. The summed E-state index contributed by atoms with van der Waals surface area (Å²) >= 11 is 0. The standard InChI is InChI=1S/C11H14O7S/c1-3-17-10(12)6-19(15,16)5-8-4-9(11(13)14)7(2)18-8/h4H,3,5-6H2,1-2H3,(H,13,14). The second-order valence-electron chi connectivity index (χ2n) is 3.82. The summed E-state index contributed by atoms with van der Waals surface area (Å²) in [5.41, 5.74) is -0.0960. The predicted molar refractivity (Wildman–Crippen MR) is 64.5 cm³/mol. The van der Waals surface area contributed by atoms with Crippen molar-refractivity contribution in [3.8, 4) is 0 Å². The first-order chi connectivity index (χ1) is 8.75. The highest BCUT2D eigenvalue weighted by Crippen LogP contribution is 2.17. The zero-order chi connectivity index (χ0) is 14.6. The fourth-order valence-corrected chi connectivity index (χ4v) is 2.60. The summed E-state index contributed by atoms with van der Waals surface area (Å²) < 4.78 is 32.9. The monoisotopic (exact) mass is 290 g/mol. The van der Waals surface area contributed by atoms with Gasteiger partial charge in [0.05, 0.1) is 6.61 Å². The normalized spacial score (nSPS) is 11.3. The molecule has 1 aromatic rings. The maximum Gasteiger partial charge on any atom is 0.339 e. The topological polar surface area (TPSA) is 111 Å². The molecule has 0 spiro atoms. The highest BCUT2D eigenvalue weighted by Gasteiger charge is 2.22. The summed E-state index contributed by atoms with van der Waals surface area (Å²) in [6.45, 7) is 3.09. The molecule has 0 aliphatic heterocycles. The summed E-state index contributed by atoms with van der Waals surface area (Å²) in [6.07, 6.45) is 0. The Labute approximate surface area is 110 Å². The first kappa shape index (κ1) is 15.2. The van der Waals surface area contributed by atoms with Gasteiger partial charge in [-0.1, -0.05) is 0 Å². The molecule has 0 amide bonds. The molecule has 0 atom stereocenters. The van der Waals surface area contributed by atoms with E-state index in [1.54, 1.807) is 6.92 Å². The fraction of sp³-hybridized carbons (Fsp3) is 0.455. The van der Waals surface area contributed by atoms with Gasteiger partial charge in [0, 0.05) is 0 Å². The lowest BCUT2D eigenvalue weighted by Crippen LogP contribution is -2.19. The van der Waals surface area contributed by atoms with Crippen LogP contribution in [0, 0.1) is 6.92 Å². The summed E-state index contributed by atoms with van der Waals surface area (Å²) in [7, 11) is -3.75. The quantitative estimate of drug-likeness (QED) is 0.770. The van der Waals surface area contributed by atoms with Gasteiger partial charge in [0.25, 0.3) is 0 Å². The number of rotatable bonds is 6. The molecule has 0 aromatic carbocycles. The molecule has 8 heteroatoms. The number of carbonyl (C=O) groups is 2. The van der Waals surface area contributed by atoms with E-state index in [1.807, 2.05) is 0 Å². The number of ether oxygens (including phenoxy) is 1. The van der Waals surface area contributed by atoms with Crippen molar-refractivity contribution >= 4 is 21.8 Å². The number of aryl methyl sites for hydroxylation is 1. The van der Waals surface area contributed by atoms with Crippen LogP contribution in [0.25, 0.3) is 0 Å². The van der Waals surface area contributed by atoms with Crippen LogP contribution in [-0.4, -0.2) is 37.8 Å². The van der Waals surface area contributed by atoms with Gasteiger partial charge in [-0.15, -0.1) is 0 Å². The van der Waals surface area contributed by atoms with E-state index in [9.17, 15) is 18.0 Å². The van der Waals surface area contributed by atoms with Gasteiger partial charge in [0.15, 0.2) is 9.84 Å². The average Bonchev–Trinajstić information content (AvgIpc) is 2.57. The molecule has 7 nitrogen and oxygen atoms in total. The van der Waals surface area contributed by atoms with Crippen LogP contribution in [0.15, 0.2) is 10.5 Å². The Morgan fingerprint density at radius 3 is 2.53 bits per heavy atom. The van der Waals surface area contributed by atoms with Crippen LogP contribution in [0.3, 0.4) is 0 Å². The van der Waals surface area contributed by atoms with Crippen LogP contribution < -0.4 is 0 Å². The third kappa shape index (κ3) is 4.40. The van der Waals surface area contributed by atoms with Crippen LogP contribution in [0.2, 0.25) is 0 Å². The van der Waals surface area contributed by atoms with E-state index in [-0.39, 0.29) is 23.7 Å². The third-order valence-corrected chi connectivity index (χ3v) is 3.60. The summed E-state index contributed by atoms with van der Waals surface area (Å²) in [5, 5.41) is 8.81. The lowest BCUT2D eigenvalue weighted by Gasteiger charge is -2.02. The van der Waals surface area contributed by atoms with Gasteiger partial charge < -0.3 is 14.3 Å². The first-order valence-electron chi connectivity index (χ1n) is 5.44. The van der Waals surface area contributed by atoms with Crippen molar-refractivity contribution in [3.05, 3.63) is 23.2 Å². The molecule has 0 bridgehead atoms. The van der Waals surface area contributed by atoms with Gasteiger partial charge in [-0.2, -0.15) is 0 Å². The Hall–Kier alpha value is -1.83. The zero-order valence-corrected chi connectivity index (χ0v) is 11.3. The molecule has 0 radical (unpaired) electrons. The fourth-order valence-electron chi connectivity index (χ4n) is 1.48. The van der Waals surface area contributed by atoms with Crippen molar-refractivity contribution in [3.63, 3.8) is 0 Å². The van der Waals surface area contributed by atoms with E-state index < -0.39 is 33.3 Å². The minimum atomic E-state index is -3.75. The molecule has 0 saturated carbocycles. The Morgan fingerprint density at radius 2 is 2.05 bits per heavy atom. The molecule has 0 saturated heterocycles. The van der Waals surface area contributed by atoms with Gasteiger partial charge in [-0.05, 0) is 19.9 Å². The van der Waals surface area contributed by atoms with Gasteiger partial charge in [0.2, 0.25) is 0 Å². The molecule has 19 heavy (non-hydrogen) atoms. The molecule has 1 rings (SSSR count). The van der Waals surface area contributed by atoms with E-state index in [4.69, 9.17) is 9.52 Å². The van der Waals surface area contributed by atoms with Gasteiger partial charge >= 0.3 is 11.9 Å². The van der Waals surface area contributed by atoms with Crippen molar-refractivity contribution in [2.75, 3.05) is 12.4 Å². The molecule has 1 N–H and O–H groups in total. The Morgan fingerprint density at radius 1 is 1.42 bits per heavy atom. The maximum absolute atomic E-state index is 11.7. The van der Waals surface area contributed by atoms with Crippen LogP contribution in [-0.2, 0) is 25.1 Å². The lowest BCUT2D eigenvalue weighted by molar-refractivity contribution is -0.139. The molecule has 0 aliphatic carbocycles. The van der Waals surface area contributed by atoms with Crippen LogP contribution in [0.5, 0.6) is 0 Å². The number of hydrogen-bond acceptors (Lipinski definition) is 6. The number of esters is 1. The van der Waals surface area contributed by atoms with Gasteiger partial charge in [-0.3, -0.25) is 4.79 Å². The summed E-state index contributed by atoms with van der Waals surface area (Å²) in [6, 6.07) is 1.14. The first-order valence-corrected chi connectivity index (χ1v) is 7.26. The lowest BCUT2D eigenvalue weighted by atomic mass is 10.2. The van der Waals surface area contributed by atoms with E-state index in [1.165, 1.54) is 6.92 Å². The van der Waals surface area contributed by atoms with Crippen molar-refractivity contribution in [2.45, 2.75) is 19.6 Å². The average molecular weight is 290 g/mol. The molecule has 0 unspecified atom stereocenters. The molecule has 1 heterocycles. The van der Waals surface area contributed by atoms with Crippen molar-refractivity contribution in [1.82, 2.24) is 0 Å². The predicted octanol–water partition coefficient (Wildman–Crippen LogP) is 0.764.